The van der Waals surface area contributed by atoms with Crippen molar-refractivity contribution in [2.75, 3.05) is 0 Å². The largest absolute Gasteiger partial charge is 0.329 e. The Balaban J connectivity index is 2.39. The summed E-state index contributed by atoms with van der Waals surface area (Å²) >= 11 is 0. The molecule has 0 aliphatic carbocycles. The Labute approximate surface area is 91.2 Å². The molecule has 0 aromatic carbocycles. The number of rotatable bonds is 1. The Bertz CT molecular complexity index is 696. The average molecular weight is 211 g/mol. The number of nitrogens with one attached hydrogen (secondary N) is 1. The molecule has 0 fully saturated rings. The van der Waals surface area contributed by atoms with E-state index in [4.69, 9.17) is 0 Å². The summed E-state index contributed by atoms with van der Waals surface area (Å²) in [5.74, 6) is 0. The Morgan fingerprint density at radius 2 is 2.00 bits per heavy atom. The Kier molecular flexibility index (Phi) is 1.86. The third kappa shape index (κ3) is 1.24. The molecule has 4 heteroatoms. The first kappa shape index (κ1) is 8.91. The van der Waals surface area contributed by atoms with Crippen LogP contribution < -0.4 is 5.56 Å². The smallest absolute Gasteiger partial charge is 0.255 e. The van der Waals surface area contributed by atoms with E-state index in [2.05, 4.69) is 9.97 Å². The van der Waals surface area contributed by atoms with Gasteiger partial charge in [-0.1, -0.05) is 0 Å². The molecule has 4 nitrogen and oxygen atoms in total. The average Bonchev–Trinajstić information content (AvgIpc) is 2.77. The van der Waals surface area contributed by atoms with E-state index >= 15 is 0 Å². The van der Waals surface area contributed by atoms with E-state index in [9.17, 15) is 4.79 Å². The Morgan fingerprint density at radius 1 is 1.12 bits per heavy atom. The van der Waals surface area contributed by atoms with Crippen LogP contribution in [-0.2, 0) is 0 Å². The van der Waals surface area contributed by atoms with Gasteiger partial charge < -0.3 is 9.38 Å². The molecule has 0 spiro atoms. The molecule has 78 valence electrons. The van der Waals surface area contributed by atoms with Gasteiger partial charge in [-0.2, -0.15) is 0 Å². The molecule has 3 aromatic heterocycles. The zero-order chi connectivity index (χ0) is 11.0. The molecular weight excluding hydrogens is 202 g/mol. The third-order valence-corrected chi connectivity index (χ3v) is 2.53. The predicted molar refractivity (Wildman–Crippen MR) is 61.2 cm³/mol. The van der Waals surface area contributed by atoms with Gasteiger partial charge in [0.2, 0.25) is 0 Å². The van der Waals surface area contributed by atoms with Crippen LogP contribution in [-0.4, -0.2) is 14.4 Å². The van der Waals surface area contributed by atoms with E-state index in [1.807, 2.05) is 35.0 Å². The van der Waals surface area contributed by atoms with E-state index < -0.39 is 0 Å². The van der Waals surface area contributed by atoms with Gasteiger partial charge in [-0.3, -0.25) is 4.79 Å². The first-order valence-electron chi connectivity index (χ1n) is 4.96. The van der Waals surface area contributed by atoms with E-state index in [0.717, 1.165) is 11.2 Å². The second-order valence-electron chi connectivity index (χ2n) is 3.49. The molecule has 16 heavy (non-hydrogen) atoms. The highest BCUT2D eigenvalue weighted by atomic mass is 16.1. The maximum Gasteiger partial charge on any atom is 0.255 e. The van der Waals surface area contributed by atoms with Crippen LogP contribution in [0.4, 0.5) is 0 Å². The SMILES string of the molecule is O=c1[nH]cccc1-c1cccn2ccnc12. The summed E-state index contributed by atoms with van der Waals surface area (Å²) in [6, 6.07) is 7.40. The number of nitrogens with zero attached hydrogens (tertiary/aromatic N) is 2. The molecule has 0 amide bonds. The fourth-order valence-electron chi connectivity index (χ4n) is 1.79. The van der Waals surface area contributed by atoms with Crippen molar-refractivity contribution in [2.45, 2.75) is 0 Å². The lowest BCUT2D eigenvalue weighted by atomic mass is 10.1. The number of H-pyrrole nitrogens is 1. The highest BCUT2D eigenvalue weighted by Gasteiger charge is 2.07. The minimum atomic E-state index is -0.0985. The molecule has 0 atom stereocenters. The van der Waals surface area contributed by atoms with Gasteiger partial charge in [-0.05, 0) is 24.3 Å². The standard InChI is InChI=1S/C12H9N3O/c16-12-10(3-1-5-14-12)9-4-2-7-15-8-6-13-11(9)15/h1-8H,(H,14,16). The number of hydrogen-bond acceptors (Lipinski definition) is 2. The van der Waals surface area contributed by atoms with Crippen molar-refractivity contribution >= 4 is 5.65 Å². The summed E-state index contributed by atoms with van der Waals surface area (Å²) in [5, 5.41) is 0. The molecule has 0 aliphatic rings. The molecule has 3 heterocycles. The predicted octanol–water partition coefficient (Wildman–Crippen LogP) is 1.69. The number of aromatic amines is 1. The molecule has 3 aromatic rings. The zero-order valence-corrected chi connectivity index (χ0v) is 8.42. The van der Waals surface area contributed by atoms with E-state index in [1.165, 1.54) is 0 Å². The topological polar surface area (TPSA) is 50.2 Å². The lowest BCUT2D eigenvalue weighted by molar-refractivity contribution is 1.18. The highest BCUT2D eigenvalue weighted by Crippen LogP contribution is 2.19. The minimum absolute atomic E-state index is 0.0985. The molecule has 0 saturated carbocycles. The van der Waals surface area contributed by atoms with Crippen LogP contribution in [0, 0.1) is 0 Å². The molecule has 0 bridgehead atoms. The zero-order valence-electron chi connectivity index (χ0n) is 8.42. The molecule has 0 saturated heterocycles. The third-order valence-electron chi connectivity index (χ3n) is 2.53. The highest BCUT2D eigenvalue weighted by molar-refractivity contribution is 5.76. The van der Waals surface area contributed by atoms with Gasteiger partial charge in [0, 0.05) is 30.4 Å². The van der Waals surface area contributed by atoms with Gasteiger partial charge in [0.15, 0.2) is 0 Å². The number of fused-ring (bicyclic) bond motifs is 1. The van der Waals surface area contributed by atoms with Crippen LogP contribution >= 0.6 is 0 Å². The van der Waals surface area contributed by atoms with Crippen LogP contribution in [0.15, 0.2) is 53.8 Å². The number of hydrogen-bond donors (Lipinski definition) is 1. The summed E-state index contributed by atoms with van der Waals surface area (Å²) in [6.07, 6.45) is 7.10. The number of pyridine rings is 2. The number of imidazole rings is 1. The Hall–Kier alpha value is -2.36. The molecule has 1 N–H and O–H groups in total. The van der Waals surface area contributed by atoms with Crippen molar-refractivity contribution in [3.8, 4) is 11.1 Å². The van der Waals surface area contributed by atoms with Crippen LogP contribution in [0.2, 0.25) is 0 Å². The van der Waals surface area contributed by atoms with Gasteiger partial charge in [0.1, 0.15) is 5.65 Å². The first-order chi connectivity index (χ1) is 7.86. The lowest BCUT2D eigenvalue weighted by Crippen LogP contribution is -2.07. The van der Waals surface area contributed by atoms with Crippen LogP contribution in [0.3, 0.4) is 0 Å². The maximum atomic E-state index is 11.7. The van der Waals surface area contributed by atoms with E-state index in [0.29, 0.717) is 5.56 Å². The Morgan fingerprint density at radius 3 is 2.88 bits per heavy atom. The monoisotopic (exact) mass is 211 g/mol. The summed E-state index contributed by atoms with van der Waals surface area (Å²) in [7, 11) is 0. The van der Waals surface area contributed by atoms with Crippen molar-refractivity contribution < 1.29 is 0 Å². The van der Waals surface area contributed by atoms with Gasteiger partial charge in [-0.25, -0.2) is 4.98 Å². The molecule has 0 aliphatic heterocycles. The normalized spacial score (nSPS) is 10.8. The van der Waals surface area contributed by atoms with Crippen LogP contribution in [0.1, 0.15) is 0 Å². The van der Waals surface area contributed by atoms with Gasteiger partial charge in [0.25, 0.3) is 5.56 Å². The van der Waals surface area contributed by atoms with Gasteiger partial charge in [-0.15, -0.1) is 0 Å². The van der Waals surface area contributed by atoms with Crippen molar-refractivity contribution in [2.24, 2.45) is 0 Å². The van der Waals surface area contributed by atoms with Crippen LogP contribution in [0.5, 0.6) is 0 Å². The lowest BCUT2D eigenvalue weighted by Gasteiger charge is -2.02. The van der Waals surface area contributed by atoms with E-state index in [-0.39, 0.29) is 5.56 Å². The first-order valence-corrected chi connectivity index (χ1v) is 4.96. The molecular formula is C12H9N3O. The molecule has 3 rings (SSSR count). The molecule has 0 unspecified atom stereocenters. The van der Waals surface area contributed by atoms with Crippen molar-refractivity contribution in [3.05, 3.63) is 59.4 Å². The van der Waals surface area contributed by atoms with Crippen LogP contribution in [0.25, 0.3) is 16.8 Å². The van der Waals surface area contributed by atoms with Crippen molar-refractivity contribution in [3.63, 3.8) is 0 Å². The summed E-state index contributed by atoms with van der Waals surface area (Å²) < 4.78 is 1.89. The van der Waals surface area contributed by atoms with Crippen molar-refractivity contribution in [1.82, 2.24) is 14.4 Å². The summed E-state index contributed by atoms with van der Waals surface area (Å²) in [4.78, 5) is 18.6. The number of aromatic nitrogens is 3. The van der Waals surface area contributed by atoms with Gasteiger partial charge >= 0.3 is 0 Å². The maximum absolute atomic E-state index is 11.7. The second kappa shape index (κ2) is 3.34. The fourth-order valence-corrected chi connectivity index (χ4v) is 1.79. The molecule has 0 radical (unpaired) electrons. The fraction of sp³-hybridized carbons (Fsp3) is 0. The quantitative estimate of drug-likeness (QED) is 0.665. The summed E-state index contributed by atoms with van der Waals surface area (Å²) in [6.45, 7) is 0. The second-order valence-corrected chi connectivity index (χ2v) is 3.49. The van der Waals surface area contributed by atoms with Gasteiger partial charge in [0.05, 0.1) is 5.56 Å². The van der Waals surface area contributed by atoms with E-state index in [1.54, 1.807) is 18.5 Å². The summed E-state index contributed by atoms with van der Waals surface area (Å²) in [5.41, 5.74) is 2.17. The van der Waals surface area contributed by atoms with Crippen molar-refractivity contribution in [1.29, 1.82) is 0 Å². The minimum Gasteiger partial charge on any atom is -0.329 e.